The zero-order chi connectivity index (χ0) is 22.6. The second-order valence-electron chi connectivity index (χ2n) is 8.07. The molecule has 3 aromatic carbocycles. The van der Waals surface area contributed by atoms with Crippen molar-refractivity contribution in [1.82, 2.24) is 14.5 Å². The van der Waals surface area contributed by atoms with E-state index < -0.39 is 0 Å². The van der Waals surface area contributed by atoms with Crippen LogP contribution in [0.1, 0.15) is 5.56 Å². The molecule has 1 aromatic heterocycles. The number of benzene rings is 3. The fourth-order valence-corrected chi connectivity index (χ4v) is 4.15. The predicted octanol–water partition coefficient (Wildman–Crippen LogP) is 3.80. The van der Waals surface area contributed by atoms with E-state index in [4.69, 9.17) is 4.98 Å². The summed E-state index contributed by atoms with van der Waals surface area (Å²) >= 11 is 0. The number of hydrogen-bond donors (Lipinski definition) is 1. The molecule has 166 valence electrons. The number of anilines is 2. The van der Waals surface area contributed by atoms with Gasteiger partial charge in [-0.3, -0.25) is 9.36 Å². The molecule has 0 aliphatic carbocycles. The molecule has 33 heavy (non-hydrogen) atoms. The Balaban J connectivity index is 1.37. The lowest BCUT2D eigenvalue weighted by atomic mass is 10.2. The summed E-state index contributed by atoms with van der Waals surface area (Å²) in [6, 6.07) is 27.0. The van der Waals surface area contributed by atoms with Crippen LogP contribution in [0.2, 0.25) is 0 Å². The molecule has 7 heteroatoms. The first-order chi connectivity index (χ1) is 16.2. The summed E-state index contributed by atoms with van der Waals surface area (Å²) in [7, 11) is 0. The number of nitrogens with zero attached hydrogens (tertiary/aromatic N) is 4. The number of para-hydroxylation sites is 3. The van der Waals surface area contributed by atoms with E-state index in [0.29, 0.717) is 38.5 Å². The normalized spacial score (nSPS) is 13.8. The molecular formula is C26H25N5O2. The highest BCUT2D eigenvalue weighted by molar-refractivity contribution is 5.89. The number of carbonyl (C=O) groups excluding carboxylic acids is 1. The Labute approximate surface area is 191 Å². The summed E-state index contributed by atoms with van der Waals surface area (Å²) in [5.74, 6) is 0.438. The predicted molar refractivity (Wildman–Crippen MR) is 131 cm³/mol. The fraction of sp³-hybridized carbons (Fsp3) is 0.192. The van der Waals surface area contributed by atoms with Gasteiger partial charge in [0.05, 0.1) is 17.6 Å². The highest BCUT2D eigenvalue weighted by atomic mass is 16.2. The van der Waals surface area contributed by atoms with Crippen molar-refractivity contribution in [3.63, 3.8) is 0 Å². The molecule has 7 nitrogen and oxygen atoms in total. The van der Waals surface area contributed by atoms with Crippen LogP contribution in [0.4, 0.5) is 16.3 Å². The quantitative estimate of drug-likeness (QED) is 0.525. The molecule has 5 rings (SSSR count). The zero-order valence-corrected chi connectivity index (χ0v) is 18.2. The Bertz CT molecular complexity index is 1310. The first-order valence-corrected chi connectivity index (χ1v) is 11.1. The number of rotatable bonds is 4. The van der Waals surface area contributed by atoms with Crippen LogP contribution in [0.25, 0.3) is 11.0 Å². The minimum atomic E-state index is -0.131. The lowest BCUT2D eigenvalue weighted by Crippen LogP contribution is -2.51. The fourth-order valence-electron chi connectivity index (χ4n) is 4.15. The van der Waals surface area contributed by atoms with Crippen LogP contribution in [0, 0.1) is 0 Å². The molecule has 0 atom stereocenters. The smallest absolute Gasteiger partial charge is 0.321 e. The van der Waals surface area contributed by atoms with Gasteiger partial charge < -0.3 is 15.1 Å². The largest absolute Gasteiger partial charge is 0.348 e. The van der Waals surface area contributed by atoms with Gasteiger partial charge in [0.2, 0.25) is 0 Å². The maximum absolute atomic E-state index is 13.5. The van der Waals surface area contributed by atoms with Crippen LogP contribution >= 0.6 is 0 Å². The van der Waals surface area contributed by atoms with Crippen LogP contribution in [0.5, 0.6) is 0 Å². The second-order valence-corrected chi connectivity index (χ2v) is 8.07. The number of aromatic nitrogens is 2. The van der Waals surface area contributed by atoms with E-state index in [1.807, 2.05) is 89.8 Å². The number of nitrogens with one attached hydrogen (secondary N) is 1. The minimum Gasteiger partial charge on any atom is -0.348 e. The van der Waals surface area contributed by atoms with E-state index in [2.05, 4.69) is 5.32 Å². The van der Waals surface area contributed by atoms with Crippen LogP contribution in [-0.4, -0.2) is 46.7 Å². The second kappa shape index (κ2) is 9.16. The number of hydrogen-bond acceptors (Lipinski definition) is 4. The lowest BCUT2D eigenvalue weighted by molar-refractivity contribution is 0.208. The van der Waals surface area contributed by atoms with Gasteiger partial charge in [-0.15, -0.1) is 0 Å². The van der Waals surface area contributed by atoms with Gasteiger partial charge in [0.15, 0.2) is 5.82 Å². The Hall–Kier alpha value is -4.13. The van der Waals surface area contributed by atoms with E-state index >= 15 is 0 Å². The Morgan fingerprint density at radius 3 is 2.18 bits per heavy atom. The average Bonchev–Trinajstić information content (AvgIpc) is 2.87. The van der Waals surface area contributed by atoms with Gasteiger partial charge in [-0.2, -0.15) is 0 Å². The Morgan fingerprint density at radius 1 is 0.818 bits per heavy atom. The number of amides is 2. The topological polar surface area (TPSA) is 70.5 Å². The monoisotopic (exact) mass is 439 g/mol. The lowest BCUT2D eigenvalue weighted by Gasteiger charge is -2.35. The number of carbonyl (C=O) groups is 1. The van der Waals surface area contributed by atoms with Gasteiger partial charge in [0.1, 0.15) is 0 Å². The molecule has 2 heterocycles. The van der Waals surface area contributed by atoms with Gasteiger partial charge in [0.25, 0.3) is 5.56 Å². The van der Waals surface area contributed by atoms with E-state index in [0.717, 1.165) is 22.3 Å². The van der Waals surface area contributed by atoms with Crippen molar-refractivity contribution in [1.29, 1.82) is 0 Å². The first-order valence-electron chi connectivity index (χ1n) is 11.1. The van der Waals surface area contributed by atoms with Gasteiger partial charge in [-0.05, 0) is 29.8 Å². The van der Waals surface area contributed by atoms with Crippen LogP contribution in [0.3, 0.4) is 0 Å². The first kappa shape index (κ1) is 20.8. The maximum Gasteiger partial charge on any atom is 0.321 e. The van der Waals surface area contributed by atoms with Crippen molar-refractivity contribution < 1.29 is 4.79 Å². The van der Waals surface area contributed by atoms with Crippen LogP contribution in [0.15, 0.2) is 89.7 Å². The van der Waals surface area contributed by atoms with Crippen LogP contribution in [-0.2, 0) is 6.54 Å². The molecule has 1 aliphatic heterocycles. The number of piperazine rings is 1. The van der Waals surface area contributed by atoms with Gasteiger partial charge in [0, 0.05) is 31.9 Å². The SMILES string of the molecule is O=C(Nc1ccccc1)N1CCN(c2nc3ccccc3n(Cc3ccccc3)c2=O)CC1. The molecule has 0 unspecified atom stereocenters. The molecular weight excluding hydrogens is 414 g/mol. The molecule has 1 saturated heterocycles. The molecule has 0 spiro atoms. The van der Waals surface area contributed by atoms with Crippen molar-refractivity contribution in [2.75, 3.05) is 36.4 Å². The summed E-state index contributed by atoms with van der Waals surface area (Å²) < 4.78 is 1.79. The van der Waals surface area contributed by atoms with Gasteiger partial charge in [-0.1, -0.05) is 60.7 Å². The summed E-state index contributed by atoms with van der Waals surface area (Å²) in [4.78, 5) is 34.6. The van der Waals surface area contributed by atoms with Gasteiger partial charge in [-0.25, -0.2) is 9.78 Å². The molecule has 4 aromatic rings. The third-order valence-corrected chi connectivity index (χ3v) is 5.91. The summed E-state index contributed by atoms with van der Waals surface area (Å²) in [5, 5.41) is 2.93. The van der Waals surface area contributed by atoms with E-state index in [1.165, 1.54) is 0 Å². The molecule has 0 bridgehead atoms. The third-order valence-electron chi connectivity index (χ3n) is 5.91. The van der Waals surface area contributed by atoms with Crippen molar-refractivity contribution in [3.05, 3.63) is 101 Å². The summed E-state index contributed by atoms with van der Waals surface area (Å²) in [5.41, 5.74) is 3.32. The summed E-state index contributed by atoms with van der Waals surface area (Å²) in [6.07, 6.45) is 0. The van der Waals surface area contributed by atoms with Crippen molar-refractivity contribution in [3.8, 4) is 0 Å². The number of fused-ring (bicyclic) bond motifs is 1. The van der Waals surface area contributed by atoms with Crippen molar-refractivity contribution in [2.45, 2.75) is 6.54 Å². The van der Waals surface area contributed by atoms with Crippen LogP contribution < -0.4 is 15.8 Å². The standard InChI is InChI=1S/C26H25N5O2/c32-25-24(29-15-17-30(18-16-29)26(33)27-21-11-5-2-6-12-21)28-22-13-7-8-14-23(22)31(25)19-20-9-3-1-4-10-20/h1-14H,15-19H2,(H,27,33). The van der Waals surface area contributed by atoms with E-state index in [9.17, 15) is 9.59 Å². The Morgan fingerprint density at radius 2 is 1.45 bits per heavy atom. The molecule has 0 saturated carbocycles. The average molecular weight is 440 g/mol. The molecule has 1 fully saturated rings. The Kier molecular flexibility index (Phi) is 5.76. The van der Waals surface area contributed by atoms with E-state index in [-0.39, 0.29) is 11.6 Å². The molecule has 0 radical (unpaired) electrons. The highest BCUT2D eigenvalue weighted by Gasteiger charge is 2.25. The highest BCUT2D eigenvalue weighted by Crippen LogP contribution is 2.18. The molecule has 1 N–H and O–H groups in total. The minimum absolute atomic E-state index is 0.111. The molecule has 1 aliphatic rings. The van der Waals surface area contributed by atoms with Crippen molar-refractivity contribution in [2.24, 2.45) is 0 Å². The van der Waals surface area contributed by atoms with Crippen molar-refractivity contribution >= 4 is 28.6 Å². The number of urea groups is 1. The van der Waals surface area contributed by atoms with E-state index in [1.54, 1.807) is 9.47 Å². The zero-order valence-electron chi connectivity index (χ0n) is 18.2. The summed E-state index contributed by atoms with van der Waals surface area (Å²) in [6.45, 7) is 2.62. The molecule has 2 amide bonds. The third kappa shape index (κ3) is 4.43. The van der Waals surface area contributed by atoms with Gasteiger partial charge >= 0.3 is 6.03 Å². The maximum atomic E-state index is 13.5.